The number of ether oxygens (including phenoxy) is 2. The minimum Gasteiger partial charge on any atom is -0.496 e. The quantitative estimate of drug-likeness (QED) is 0.748. The third kappa shape index (κ3) is 4.36. The first kappa shape index (κ1) is 18.5. The molecule has 0 fully saturated rings. The van der Waals surface area contributed by atoms with Crippen molar-refractivity contribution in [3.05, 3.63) is 47.0 Å². The van der Waals surface area contributed by atoms with Crippen LogP contribution in [-0.2, 0) is 4.79 Å². The van der Waals surface area contributed by atoms with Gasteiger partial charge >= 0.3 is 0 Å². The molecular weight excluding hydrogens is 346 g/mol. The van der Waals surface area contributed by atoms with E-state index in [0.29, 0.717) is 16.5 Å². The first-order valence-corrected chi connectivity index (χ1v) is 8.66. The van der Waals surface area contributed by atoms with E-state index in [0.717, 1.165) is 16.2 Å². The average Bonchev–Trinajstić information content (AvgIpc) is 2.58. The van der Waals surface area contributed by atoms with Crippen molar-refractivity contribution in [2.45, 2.75) is 24.0 Å². The Balaban J connectivity index is 2.13. The van der Waals surface area contributed by atoms with Gasteiger partial charge in [0.1, 0.15) is 11.5 Å². The minimum atomic E-state index is -0.304. The normalized spacial score (nSPS) is 11.7. The summed E-state index contributed by atoms with van der Waals surface area (Å²) in [7, 11) is 3.16. The van der Waals surface area contributed by atoms with Crippen molar-refractivity contribution >= 4 is 35.0 Å². The molecule has 0 bridgehead atoms. The van der Waals surface area contributed by atoms with Gasteiger partial charge < -0.3 is 14.8 Å². The predicted molar refractivity (Wildman–Crippen MR) is 99.7 cm³/mol. The lowest BCUT2D eigenvalue weighted by Gasteiger charge is -2.16. The topological polar surface area (TPSA) is 47.6 Å². The second kappa shape index (κ2) is 8.31. The maximum Gasteiger partial charge on any atom is 0.237 e. The fourth-order valence-electron chi connectivity index (χ4n) is 2.12. The number of methoxy groups -OCH3 is 2. The summed E-state index contributed by atoms with van der Waals surface area (Å²) < 4.78 is 10.6. The van der Waals surface area contributed by atoms with Crippen LogP contribution >= 0.6 is 23.4 Å². The third-order valence-electron chi connectivity index (χ3n) is 3.48. The molecule has 1 N–H and O–H groups in total. The van der Waals surface area contributed by atoms with E-state index >= 15 is 0 Å². The Morgan fingerprint density at radius 1 is 1.17 bits per heavy atom. The summed E-state index contributed by atoms with van der Waals surface area (Å²) in [6, 6.07) is 11.1. The molecule has 2 rings (SSSR count). The van der Waals surface area contributed by atoms with Crippen LogP contribution in [0.15, 0.2) is 41.3 Å². The van der Waals surface area contributed by atoms with E-state index in [1.54, 1.807) is 26.4 Å². The summed E-state index contributed by atoms with van der Waals surface area (Å²) in [5.41, 5.74) is 1.48. The molecule has 2 aromatic rings. The standard InChI is InChI=1S/C18H20ClNO3S/c1-11-9-14(16(23-4)10-13(11)19)20-18(21)12(2)24-17-8-6-5-7-15(17)22-3/h5-10,12H,1-4H3,(H,20,21). The number of halogens is 1. The molecule has 1 amide bonds. The molecule has 0 heterocycles. The fraction of sp³-hybridized carbons (Fsp3) is 0.278. The van der Waals surface area contributed by atoms with Crippen LogP contribution in [0.25, 0.3) is 0 Å². The third-order valence-corrected chi connectivity index (χ3v) is 5.05. The smallest absolute Gasteiger partial charge is 0.237 e. The number of hydrogen-bond donors (Lipinski definition) is 1. The van der Waals surface area contributed by atoms with Gasteiger partial charge in [-0.25, -0.2) is 0 Å². The predicted octanol–water partition coefficient (Wildman–Crippen LogP) is 4.78. The van der Waals surface area contributed by atoms with Crippen molar-refractivity contribution in [3.8, 4) is 11.5 Å². The van der Waals surface area contributed by atoms with Crippen LogP contribution in [0.1, 0.15) is 12.5 Å². The second-order valence-corrected chi connectivity index (χ2v) is 6.99. The molecule has 0 saturated carbocycles. The highest BCUT2D eigenvalue weighted by atomic mass is 35.5. The average molecular weight is 366 g/mol. The Labute approximate surface area is 151 Å². The Bertz CT molecular complexity index is 736. The number of rotatable bonds is 6. The molecule has 1 unspecified atom stereocenters. The van der Waals surface area contributed by atoms with Gasteiger partial charge in [-0.3, -0.25) is 4.79 Å². The number of amides is 1. The summed E-state index contributed by atoms with van der Waals surface area (Å²) in [6.45, 7) is 3.73. The van der Waals surface area contributed by atoms with E-state index in [2.05, 4.69) is 5.32 Å². The Kier molecular flexibility index (Phi) is 6.40. The SMILES string of the molecule is COc1cc(Cl)c(C)cc1NC(=O)C(C)Sc1ccccc1OC. The zero-order chi connectivity index (χ0) is 17.7. The van der Waals surface area contributed by atoms with E-state index in [1.807, 2.05) is 38.1 Å². The van der Waals surface area contributed by atoms with Crippen molar-refractivity contribution in [1.82, 2.24) is 0 Å². The van der Waals surface area contributed by atoms with Gasteiger partial charge in [-0.2, -0.15) is 0 Å². The molecule has 0 radical (unpaired) electrons. The Morgan fingerprint density at radius 2 is 1.83 bits per heavy atom. The first-order chi connectivity index (χ1) is 11.5. The Morgan fingerprint density at radius 3 is 2.50 bits per heavy atom. The van der Waals surface area contributed by atoms with Gasteiger partial charge in [0.2, 0.25) is 5.91 Å². The number of nitrogens with one attached hydrogen (secondary N) is 1. The molecule has 0 aliphatic rings. The molecule has 2 aromatic carbocycles. The number of thioether (sulfide) groups is 1. The van der Waals surface area contributed by atoms with Crippen molar-refractivity contribution in [3.63, 3.8) is 0 Å². The van der Waals surface area contributed by atoms with Crippen molar-refractivity contribution < 1.29 is 14.3 Å². The highest BCUT2D eigenvalue weighted by Gasteiger charge is 2.18. The van der Waals surface area contributed by atoms with E-state index in [4.69, 9.17) is 21.1 Å². The summed E-state index contributed by atoms with van der Waals surface area (Å²) in [5, 5.41) is 3.20. The number of anilines is 1. The highest BCUT2D eigenvalue weighted by molar-refractivity contribution is 8.00. The maximum absolute atomic E-state index is 12.5. The second-order valence-electron chi connectivity index (χ2n) is 5.20. The van der Waals surface area contributed by atoms with E-state index < -0.39 is 0 Å². The molecule has 4 nitrogen and oxygen atoms in total. The summed E-state index contributed by atoms with van der Waals surface area (Å²) in [6.07, 6.45) is 0. The van der Waals surface area contributed by atoms with Gasteiger partial charge in [-0.05, 0) is 37.6 Å². The molecule has 0 aliphatic heterocycles. The van der Waals surface area contributed by atoms with Crippen LogP contribution in [0.4, 0.5) is 5.69 Å². The molecule has 0 saturated heterocycles. The van der Waals surface area contributed by atoms with Crippen molar-refractivity contribution in [2.75, 3.05) is 19.5 Å². The van der Waals surface area contributed by atoms with Crippen LogP contribution in [0.5, 0.6) is 11.5 Å². The largest absolute Gasteiger partial charge is 0.496 e. The number of carbonyl (C=O) groups excluding carboxylic acids is 1. The van der Waals surface area contributed by atoms with Crippen LogP contribution in [0.2, 0.25) is 5.02 Å². The molecule has 1 atom stereocenters. The number of hydrogen-bond acceptors (Lipinski definition) is 4. The van der Waals surface area contributed by atoms with Gasteiger partial charge in [-0.15, -0.1) is 11.8 Å². The fourth-order valence-corrected chi connectivity index (χ4v) is 3.25. The lowest BCUT2D eigenvalue weighted by molar-refractivity contribution is -0.115. The van der Waals surface area contributed by atoms with Crippen LogP contribution in [0.3, 0.4) is 0 Å². The van der Waals surface area contributed by atoms with Gasteiger partial charge in [-0.1, -0.05) is 23.7 Å². The highest BCUT2D eigenvalue weighted by Crippen LogP contribution is 2.34. The maximum atomic E-state index is 12.5. The van der Waals surface area contributed by atoms with E-state index in [9.17, 15) is 4.79 Å². The van der Waals surface area contributed by atoms with Crippen LogP contribution < -0.4 is 14.8 Å². The van der Waals surface area contributed by atoms with Gasteiger partial charge in [0.05, 0.1) is 30.1 Å². The van der Waals surface area contributed by atoms with Gasteiger partial charge in [0, 0.05) is 11.1 Å². The zero-order valence-electron chi connectivity index (χ0n) is 14.1. The number of carbonyl (C=O) groups is 1. The lowest BCUT2D eigenvalue weighted by atomic mass is 10.2. The van der Waals surface area contributed by atoms with Crippen molar-refractivity contribution in [1.29, 1.82) is 0 Å². The summed E-state index contributed by atoms with van der Waals surface area (Å²) >= 11 is 7.53. The molecule has 24 heavy (non-hydrogen) atoms. The van der Waals surface area contributed by atoms with Gasteiger partial charge in [0.25, 0.3) is 0 Å². The number of benzene rings is 2. The Hall–Kier alpha value is -1.85. The zero-order valence-corrected chi connectivity index (χ0v) is 15.6. The minimum absolute atomic E-state index is 0.120. The van der Waals surface area contributed by atoms with Crippen LogP contribution in [0, 0.1) is 6.92 Å². The monoisotopic (exact) mass is 365 g/mol. The molecule has 0 spiro atoms. The first-order valence-electron chi connectivity index (χ1n) is 7.41. The van der Waals surface area contributed by atoms with Crippen LogP contribution in [-0.4, -0.2) is 25.4 Å². The van der Waals surface area contributed by atoms with E-state index in [1.165, 1.54) is 11.8 Å². The van der Waals surface area contributed by atoms with Gasteiger partial charge in [0.15, 0.2) is 0 Å². The number of para-hydroxylation sites is 1. The van der Waals surface area contributed by atoms with Crippen molar-refractivity contribution in [2.24, 2.45) is 0 Å². The number of aryl methyl sites for hydroxylation is 1. The molecular formula is C18H20ClNO3S. The molecule has 6 heteroatoms. The lowest BCUT2D eigenvalue weighted by Crippen LogP contribution is -2.22. The summed E-state index contributed by atoms with van der Waals surface area (Å²) in [5.74, 6) is 1.17. The van der Waals surface area contributed by atoms with E-state index in [-0.39, 0.29) is 11.2 Å². The molecule has 128 valence electrons. The summed E-state index contributed by atoms with van der Waals surface area (Å²) in [4.78, 5) is 13.4. The molecule has 0 aromatic heterocycles. The molecule has 0 aliphatic carbocycles.